The van der Waals surface area contributed by atoms with Crippen molar-refractivity contribution >= 4 is 17.5 Å². The van der Waals surface area contributed by atoms with Gasteiger partial charge in [0.25, 0.3) is 5.91 Å². The fourth-order valence-corrected chi connectivity index (χ4v) is 4.60. The minimum Gasteiger partial charge on any atom is -0.394 e. The molecule has 1 aromatic carbocycles. The van der Waals surface area contributed by atoms with Crippen LogP contribution in [0.1, 0.15) is 73.9 Å². The maximum atomic E-state index is 14.8. The molecule has 2 aromatic rings. The van der Waals surface area contributed by atoms with E-state index in [1.54, 1.807) is 40.1 Å². The number of amides is 3. The van der Waals surface area contributed by atoms with Crippen molar-refractivity contribution in [3.8, 4) is 0 Å². The SMILES string of the molecule is C=C(/C=C\C=C(/C)c1nncn1C(C)CO)NC(=O)c1cc2c(cc1F)CCN(C(=O)N1CCCC1)C2.CC. The van der Waals surface area contributed by atoms with Crippen molar-refractivity contribution in [2.45, 2.75) is 59.5 Å². The van der Waals surface area contributed by atoms with Crippen molar-refractivity contribution in [1.82, 2.24) is 29.9 Å². The lowest BCUT2D eigenvalue weighted by molar-refractivity contribution is 0.0963. The van der Waals surface area contributed by atoms with Crippen LogP contribution in [0.4, 0.5) is 9.18 Å². The normalized spacial score (nSPS) is 16.0. The Hall–Kier alpha value is -3.79. The zero-order chi connectivity index (χ0) is 28.5. The summed E-state index contributed by atoms with van der Waals surface area (Å²) in [4.78, 5) is 29.2. The van der Waals surface area contributed by atoms with Gasteiger partial charge in [-0.25, -0.2) is 9.18 Å². The lowest BCUT2D eigenvalue weighted by Crippen LogP contribution is -2.44. The molecule has 0 radical (unpaired) electrons. The summed E-state index contributed by atoms with van der Waals surface area (Å²) < 4.78 is 16.6. The molecule has 1 unspecified atom stereocenters. The minimum absolute atomic E-state index is 0.00408. The number of benzene rings is 1. The predicted octanol–water partition coefficient (Wildman–Crippen LogP) is 4.47. The van der Waals surface area contributed by atoms with Gasteiger partial charge in [0.2, 0.25) is 0 Å². The summed E-state index contributed by atoms with van der Waals surface area (Å²) in [6.07, 6.45) is 9.24. The Labute approximate surface area is 229 Å². The highest BCUT2D eigenvalue weighted by Gasteiger charge is 2.28. The maximum absolute atomic E-state index is 14.8. The number of nitrogens with one attached hydrogen (secondary N) is 1. The molecule has 210 valence electrons. The number of aliphatic hydroxyl groups is 1. The molecule has 2 N–H and O–H groups in total. The fraction of sp³-hybridized carbons (Fsp3) is 0.448. The lowest BCUT2D eigenvalue weighted by atomic mass is 9.96. The van der Waals surface area contributed by atoms with Gasteiger partial charge in [-0.15, -0.1) is 10.2 Å². The third-order valence-electron chi connectivity index (χ3n) is 6.78. The number of allylic oxidation sites excluding steroid dienone is 4. The molecular weight excluding hydrogens is 499 g/mol. The first-order valence-corrected chi connectivity index (χ1v) is 13.5. The summed E-state index contributed by atoms with van der Waals surface area (Å²) in [6.45, 7) is 14.0. The number of urea groups is 1. The van der Waals surface area contributed by atoms with E-state index in [1.165, 1.54) is 6.07 Å². The summed E-state index contributed by atoms with van der Waals surface area (Å²) >= 11 is 0. The number of rotatable bonds is 7. The number of aromatic nitrogens is 3. The molecule has 0 aliphatic carbocycles. The van der Waals surface area contributed by atoms with E-state index in [0.29, 0.717) is 31.0 Å². The van der Waals surface area contributed by atoms with Crippen LogP contribution in [0.3, 0.4) is 0 Å². The Morgan fingerprint density at radius 1 is 1.18 bits per heavy atom. The number of likely N-dealkylation sites (tertiary alicyclic amines) is 1. The molecule has 2 aliphatic heterocycles. The van der Waals surface area contributed by atoms with Crippen molar-refractivity contribution in [1.29, 1.82) is 0 Å². The van der Waals surface area contributed by atoms with Crippen LogP contribution in [0.2, 0.25) is 0 Å². The third kappa shape index (κ3) is 7.20. The second-order valence-electron chi connectivity index (χ2n) is 9.53. The standard InChI is InChI=1S/C27H33FN6O3.C2H6/c1-18(25-31-29-17-34(25)20(3)16-35)7-6-8-19(2)30-26(36)23-13-22-15-33(12-9-21(22)14-24(23)28)27(37)32-10-4-5-11-32;1-2/h6-8,13-14,17,20,35H,2,4-5,9-12,15-16H2,1,3H3,(H,30,36);1-2H3/b8-6-,18-7+;. The molecule has 3 heterocycles. The molecule has 9 nitrogen and oxygen atoms in total. The molecule has 39 heavy (non-hydrogen) atoms. The topological polar surface area (TPSA) is 104 Å². The Morgan fingerprint density at radius 2 is 1.90 bits per heavy atom. The van der Waals surface area contributed by atoms with E-state index in [9.17, 15) is 19.1 Å². The van der Waals surface area contributed by atoms with Gasteiger partial charge in [-0.1, -0.05) is 32.6 Å². The molecule has 0 saturated carbocycles. The summed E-state index contributed by atoms with van der Waals surface area (Å²) in [6, 6.07) is 2.78. The molecule has 1 fully saturated rings. The summed E-state index contributed by atoms with van der Waals surface area (Å²) in [5.41, 5.74) is 2.62. The van der Waals surface area contributed by atoms with Crippen LogP contribution in [0.25, 0.3) is 5.57 Å². The van der Waals surface area contributed by atoms with E-state index < -0.39 is 11.7 Å². The van der Waals surface area contributed by atoms with E-state index in [-0.39, 0.29) is 24.2 Å². The molecule has 3 amide bonds. The van der Waals surface area contributed by atoms with E-state index >= 15 is 0 Å². The van der Waals surface area contributed by atoms with Gasteiger partial charge in [-0.2, -0.15) is 0 Å². The number of carbonyl (C=O) groups is 2. The van der Waals surface area contributed by atoms with Crippen molar-refractivity contribution in [2.24, 2.45) is 0 Å². The Kier molecular flexibility index (Phi) is 10.6. The number of nitrogens with zero attached hydrogens (tertiary/aromatic N) is 5. The van der Waals surface area contributed by atoms with Crippen molar-refractivity contribution < 1.29 is 19.1 Å². The minimum atomic E-state index is -0.602. The molecule has 0 bridgehead atoms. The van der Waals surface area contributed by atoms with Crippen molar-refractivity contribution in [3.63, 3.8) is 0 Å². The molecule has 4 rings (SSSR count). The fourth-order valence-electron chi connectivity index (χ4n) is 4.60. The Morgan fingerprint density at radius 3 is 2.59 bits per heavy atom. The third-order valence-corrected chi connectivity index (χ3v) is 6.78. The number of carbonyl (C=O) groups excluding carboxylic acids is 2. The van der Waals surface area contributed by atoms with Crippen LogP contribution in [0.15, 0.2) is 49.0 Å². The van der Waals surface area contributed by atoms with Gasteiger partial charge >= 0.3 is 6.03 Å². The maximum Gasteiger partial charge on any atom is 0.320 e. The van der Waals surface area contributed by atoms with Crippen LogP contribution in [-0.2, 0) is 13.0 Å². The number of hydrogen-bond acceptors (Lipinski definition) is 5. The first-order chi connectivity index (χ1) is 18.8. The monoisotopic (exact) mass is 538 g/mol. The van der Waals surface area contributed by atoms with E-state index in [2.05, 4.69) is 22.1 Å². The van der Waals surface area contributed by atoms with Crippen LogP contribution >= 0.6 is 0 Å². The van der Waals surface area contributed by atoms with E-state index in [0.717, 1.165) is 42.6 Å². The highest BCUT2D eigenvalue weighted by molar-refractivity contribution is 5.96. The zero-order valence-electron chi connectivity index (χ0n) is 23.3. The van der Waals surface area contributed by atoms with Crippen molar-refractivity contribution in [3.05, 3.63) is 77.3 Å². The summed E-state index contributed by atoms with van der Waals surface area (Å²) in [5, 5.41) is 20.0. The Bertz CT molecular complexity index is 1250. The largest absolute Gasteiger partial charge is 0.394 e. The zero-order valence-corrected chi connectivity index (χ0v) is 23.3. The predicted molar refractivity (Wildman–Crippen MR) is 149 cm³/mol. The van der Waals surface area contributed by atoms with Crippen LogP contribution in [0.5, 0.6) is 0 Å². The highest BCUT2D eigenvalue weighted by atomic mass is 19.1. The van der Waals surface area contributed by atoms with E-state index in [4.69, 9.17) is 0 Å². The highest BCUT2D eigenvalue weighted by Crippen LogP contribution is 2.25. The molecule has 1 atom stereocenters. The van der Waals surface area contributed by atoms with Gasteiger partial charge in [0.05, 0.1) is 18.2 Å². The van der Waals surface area contributed by atoms with Gasteiger partial charge in [0.1, 0.15) is 12.1 Å². The summed E-state index contributed by atoms with van der Waals surface area (Å²) in [7, 11) is 0. The molecule has 2 aliphatic rings. The van der Waals surface area contributed by atoms with Crippen LogP contribution < -0.4 is 5.32 Å². The molecule has 1 aromatic heterocycles. The second kappa shape index (κ2) is 13.8. The number of fused-ring (bicyclic) bond motifs is 1. The van der Waals surface area contributed by atoms with Gasteiger partial charge < -0.3 is 24.8 Å². The van der Waals surface area contributed by atoms with Gasteiger partial charge in [-0.3, -0.25) is 4.79 Å². The second-order valence-corrected chi connectivity index (χ2v) is 9.53. The number of halogens is 1. The van der Waals surface area contributed by atoms with Gasteiger partial charge in [0, 0.05) is 31.9 Å². The molecule has 1 saturated heterocycles. The molecule has 10 heteroatoms. The van der Waals surface area contributed by atoms with Crippen LogP contribution in [-0.4, -0.2) is 67.9 Å². The number of hydrogen-bond donors (Lipinski definition) is 2. The first-order valence-electron chi connectivity index (χ1n) is 13.5. The van der Waals surface area contributed by atoms with Gasteiger partial charge in [0.15, 0.2) is 5.82 Å². The van der Waals surface area contributed by atoms with Crippen molar-refractivity contribution in [2.75, 3.05) is 26.2 Å². The number of aliphatic hydroxyl groups excluding tert-OH is 1. The van der Waals surface area contributed by atoms with Gasteiger partial charge in [-0.05, 0) is 68.0 Å². The first kappa shape index (κ1) is 29.8. The average molecular weight is 539 g/mol. The van der Waals surface area contributed by atoms with Crippen LogP contribution in [0, 0.1) is 5.82 Å². The summed E-state index contributed by atoms with van der Waals surface area (Å²) in [5.74, 6) is -0.579. The molecular formula is C29H39FN6O3. The van der Waals surface area contributed by atoms with E-state index in [1.807, 2.05) is 32.6 Å². The average Bonchev–Trinajstić information content (AvgIpc) is 3.65. The lowest BCUT2D eigenvalue weighted by Gasteiger charge is -2.32. The quantitative estimate of drug-likeness (QED) is 0.506. The smallest absolute Gasteiger partial charge is 0.320 e. The molecule has 0 spiro atoms. The Balaban J connectivity index is 0.00000205.